The molecule has 0 fully saturated rings. The maximum Gasteiger partial charge on any atom is 0.335 e. The Labute approximate surface area is 131 Å². The van der Waals surface area contributed by atoms with Gasteiger partial charge in [0.25, 0.3) is 0 Å². The molecule has 0 aliphatic heterocycles. The third kappa shape index (κ3) is 3.52. The van der Waals surface area contributed by atoms with Gasteiger partial charge in [-0.25, -0.2) is 14.8 Å². The predicted octanol–water partition coefficient (Wildman–Crippen LogP) is 2.23. The van der Waals surface area contributed by atoms with Crippen molar-refractivity contribution in [2.75, 3.05) is 5.32 Å². The number of aromatic nitrogens is 3. The number of carboxylic acid groups (broad SMARTS) is 1. The van der Waals surface area contributed by atoms with Crippen LogP contribution in [-0.2, 0) is 11.2 Å². The molecule has 3 rings (SSSR count). The minimum atomic E-state index is -0.999. The smallest absolute Gasteiger partial charge is 0.335 e. The van der Waals surface area contributed by atoms with Gasteiger partial charge >= 0.3 is 5.97 Å². The van der Waals surface area contributed by atoms with E-state index in [0.29, 0.717) is 23.6 Å². The van der Waals surface area contributed by atoms with Gasteiger partial charge in [-0.2, -0.15) is 0 Å². The number of aromatic carboxylic acids is 1. The number of hydrogen-bond donors (Lipinski definition) is 3. The summed E-state index contributed by atoms with van der Waals surface area (Å²) < 4.78 is 0. The molecule has 0 spiro atoms. The van der Waals surface area contributed by atoms with E-state index in [0.717, 1.165) is 5.52 Å². The predicted molar refractivity (Wildman–Crippen MR) is 84.2 cm³/mol. The molecule has 3 aromatic rings. The average Bonchev–Trinajstić information content (AvgIpc) is 2.96. The molecule has 1 amide bonds. The lowest BCUT2D eigenvalue weighted by molar-refractivity contribution is -0.116. The van der Waals surface area contributed by atoms with Gasteiger partial charge in [-0.3, -0.25) is 4.79 Å². The Hall–Kier alpha value is -3.22. The highest BCUT2D eigenvalue weighted by Gasteiger charge is 2.08. The molecule has 2 heterocycles. The van der Waals surface area contributed by atoms with Crippen molar-refractivity contribution in [3.05, 3.63) is 54.0 Å². The number of aromatic amines is 1. The fraction of sp³-hybridized carbons (Fsp3) is 0.125. The molecule has 3 N–H and O–H groups in total. The minimum Gasteiger partial charge on any atom is -0.478 e. The summed E-state index contributed by atoms with van der Waals surface area (Å²) in [5.74, 6) is -0.460. The van der Waals surface area contributed by atoms with E-state index in [2.05, 4.69) is 20.3 Å². The maximum atomic E-state index is 11.9. The van der Waals surface area contributed by atoms with Crippen molar-refractivity contribution in [3.63, 3.8) is 0 Å². The molecular formula is C16H14N4O3. The Bertz CT molecular complexity index is 822. The number of nitrogens with one attached hydrogen (secondary N) is 2. The number of H-pyrrole nitrogens is 1. The Kier molecular flexibility index (Phi) is 4.01. The molecular weight excluding hydrogens is 296 g/mol. The summed E-state index contributed by atoms with van der Waals surface area (Å²) in [6.07, 6.45) is 2.40. The Morgan fingerprint density at radius 2 is 1.96 bits per heavy atom. The van der Waals surface area contributed by atoms with Crippen LogP contribution in [0.1, 0.15) is 22.6 Å². The highest BCUT2D eigenvalue weighted by Crippen LogP contribution is 2.12. The average molecular weight is 310 g/mol. The summed E-state index contributed by atoms with van der Waals surface area (Å²) in [5, 5.41) is 11.5. The van der Waals surface area contributed by atoms with E-state index in [1.807, 2.05) is 12.1 Å². The first kappa shape index (κ1) is 14.7. The van der Waals surface area contributed by atoms with Crippen LogP contribution < -0.4 is 5.32 Å². The first-order chi connectivity index (χ1) is 11.1. The number of carbonyl (C=O) groups is 2. The third-order valence-electron chi connectivity index (χ3n) is 3.31. The second-order valence-corrected chi connectivity index (χ2v) is 4.99. The van der Waals surface area contributed by atoms with Gasteiger partial charge in [-0.05, 0) is 36.4 Å². The minimum absolute atomic E-state index is 0.165. The molecule has 2 aromatic heterocycles. The van der Waals surface area contributed by atoms with E-state index in [1.165, 1.54) is 12.1 Å². The fourth-order valence-corrected chi connectivity index (χ4v) is 2.16. The zero-order valence-electron chi connectivity index (χ0n) is 12.1. The Morgan fingerprint density at radius 1 is 1.17 bits per heavy atom. The summed E-state index contributed by atoms with van der Waals surface area (Å²) in [6.45, 7) is 0. The number of fused-ring (bicyclic) bond motifs is 1. The standard InChI is InChI=1S/C16H14N4O3/c21-14(18-11-5-3-10(4-6-11)16(22)23)8-7-13-19-12-2-1-9-17-15(12)20-13/h1-6,9H,7-8H2,(H,18,21)(H,22,23)(H,17,19,20). The van der Waals surface area contributed by atoms with E-state index in [-0.39, 0.29) is 17.9 Å². The molecule has 0 bridgehead atoms. The first-order valence-electron chi connectivity index (χ1n) is 7.04. The zero-order valence-corrected chi connectivity index (χ0v) is 12.1. The van der Waals surface area contributed by atoms with Crippen LogP contribution in [0, 0.1) is 0 Å². The lowest BCUT2D eigenvalue weighted by Crippen LogP contribution is -2.12. The van der Waals surface area contributed by atoms with Crippen molar-refractivity contribution in [2.24, 2.45) is 0 Å². The number of aryl methyl sites for hydroxylation is 1. The highest BCUT2D eigenvalue weighted by molar-refractivity contribution is 5.92. The van der Waals surface area contributed by atoms with Crippen molar-refractivity contribution < 1.29 is 14.7 Å². The second-order valence-electron chi connectivity index (χ2n) is 4.99. The molecule has 7 heteroatoms. The number of nitrogens with zero attached hydrogens (tertiary/aromatic N) is 2. The Balaban J connectivity index is 1.57. The molecule has 0 atom stereocenters. The molecule has 7 nitrogen and oxygen atoms in total. The molecule has 0 aliphatic rings. The van der Waals surface area contributed by atoms with Gasteiger partial charge in [0.1, 0.15) is 5.82 Å². The van der Waals surface area contributed by atoms with Crippen LogP contribution >= 0.6 is 0 Å². The van der Waals surface area contributed by atoms with Crippen molar-refractivity contribution in [3.8, 4) is 0 Å². The van der Waals surface area contributed by atoms with Gasteiger partial charge in [0.2, 0.25) is 5.91 Å². The van der Waals surface area contributed by atoms with Crippen molar-refractivity contribution >= 4 is 28.7 Å². The summed E-state index contributed by atoms with van der Waals surface area (Å²) in [6, 6.07) is 9.71. The summed E-state index contributed by atoms with van der Waals surface area (Å²) in [7, 11) is 0. The molecule has 0 aliphatic carbocycles. The Morgan fingerprint density at radius 3 is 2.65 bits per heavy atom. The number of imidazole rings is 1. The second kappa shape index (κ2) is 6.27. The molecule has 116 valence electrons. The molecule has 1 aromatic carbocycles. The number of carbonyl (C=O) groups excluding carboxylic acids is 1. The molecule has 0 radical (unpaired) electrons. The van der Waals surface area contributed by atoms with Crippen molar-refractivity contribution in [2.45, 2.75) is 12.8 Å². The van der Waals surface area contributed by atoms with Gasteiger partial charge < -0.3 is 15.4 Å². The SMILES string of the molecule is O=C(CCc1nc2ncccc2[nH]1)Nc1ccc(C(=O)O)cc1. The topological polar surface area (TPSA) is 108 Å². The van der Waals surface area contributed by atoms with Crippen molar-refractivity contribution in [1.82, 2.24) is 15.0 Å². The monoisotopic (exact) mass is 310 g/mol. The van der Waals surface area contributed by atoms with Crippen LogP contribution in [0.2, 0.25) is 0 Å². The summed E-state index contributed by atoms with van der Waals surface area (Å²) in [5.41, 5.74) is 2.21. The number of carboxylic acids is 1. The van der Waals surface area contributed by atoms with Crippen LogP contribution in [0.5, 0.6) is 0 Å². The van der Waals surface area contributed by atoms with Gasteiger partial charge in [0.05, 0.1) is 11.1 Å². The quantitative estimate of drug-likeness (QED) is 0.669. The van der Waals surface area contributed by atoms with E-state index in [1.54, 1.807) is 18.3 Å². The van der Waals surface area contributed by atoms with E-state index >= 15 is 0 Å². The molecule has 0 unspecified atom stereocenters. The molecule has 0 saturated heterocycles. The first-order valence-corrected chi connectivity index (χ1v) is 7.04. The zero-order chi connectivity index (χ0) is 16.2. The van der Waals surface area contributed by atoms with Gasteiger partial charge in [-0.1, -0.05) is 0 Å². The summed E-state index contributed by atoms with van der Waals surface area (Å²) in [4.78, 5) is 34.3. The third-order valence-corrected chi connectivity index (χ3v) is 3.31. The van der Waals surface area contributed by atoms with Crippen molar-refractivity contribution in [1.29, 1.82) is 0 Å². The number of rotatable bonds is 5. The van der Waals surface area contributed by atoms with Crippen LogP contribution in [0.25, 0.3) is 11.2 Å². The lowest BCUT2D eigenvalue weighted by atomic mass is 10.2. The molecule has 23 heavy (non-hydrogen) atoms. The van der Waals surface area contributed by atoms with Crippen LogP contribution in [0.3, 0.4) is 0 Å². The highest BCUT2D eigenvalue weighted by atomic mass is 16.4. The van der Waals surface area contributed by atoms with Crippen LogP contribution in [0.15, 0.2) is 42.6 Å². The largest absolute Gasteiger partial charge is 0.478 e. The summed E-state index contributed by atoms with van der Waals surface area (Å²) >= 11 is 0. The van der Waals surface area contributed by atoms with Gasteiger partial charge in [0.15, 0.2) is 5.65 Å². The fourth-order valence-electron chi connectivity index (χ4n) is 2.16. The number of pyridine rings is 1. The molecule has 0 saturated carbocycles. The van der Waals surface area contributed by atoms with E-state index < -0.39 is 5.97 Å². The maximum absolute atomic E-state index is 11.9. The van der Waals surface area contributed by atoms with Gasteiger partial charge in [-0.15, -0.1) is 0 Å². The van der Waals surface area contributed by atoms with E-state index in [9.17, 15) is 9.59 Å². The van der Waals surface area contributed by atoms with E-state index in [4.69, 9.17) is 5.11 Å². The van der Waals surface area contributed by atoms with Crippen LogP contribution in [0.4, 0.5) is 5.69 Å². The number of anilines is 1. The number of benzene rings is 1. The normalized spacial score (nSPS) is 10.6. The number of hydrogen-bond acceptors (Lipinski definition) is 4. The van der Waals surface area contributed by atoms with Gasteiger partial charge in [0, 0.05) is 24.7 Å². The van der Waals surface area contributed by atoms with Crippen LogP contribution in [-0.4, -0.2) is 31.9 Å². The lowest BCUT2D eigenvalue weighted by Gasteiger charge is -2.04. The number of amides is 1.